The molecule has 1 N–H and O–H groups in total. The molecule has 1 aromatic rings. The van der Waals surface area contributed by atoms with Gasteiger partial charge >= 0.3 is 0 Å². The molecule has 118 valence electrons. The third-order valence-electron chi connectivity index (χ3n) is 4.68. The first-order valence-corrected chi connectivity index (χ1v) is 8.92. The smallest absolute Gasteiger partial charge is 0.126 e. The second kappa shape index (κ2) is 7.73. The van der Waals surface area contributed by atoms with Crippen molar-refractivity contribution in [2.75, 3.05) is 6.54 Å². The molecule has 2 rings (SSSR count). The highest BCUT2D eigenvalue weighted by molar-refractivity contribution is 9.10. The van der Waals surface area contributed by atoms with Gasteiger partial charge in [-0.1, -0.05) is 43.1 Å². The average Bonchev–Trinajstić information content (AvgIpc) is 2.42. The molecule has 3 atom stereocenters. The number of benzene rings is 1. The van der Waals surface area contributed by atoms with E-state index in [9.17, 15) is 4.39 Å². The Balaban J connectivity index is 2.07. The van der Waals surface area contributed by atoms with Gasteiger partial charge in [-0.25, -0.2) is 4.39 Å². The highest BCUT2D eigenvalue weighted by atomic mass is 79.9. The minimum Gasteiger partial charge on any atom is -0.314 e. The predicted molar refractivity (Wildman–Crippen MR) is 90.9 cm³/mol. The molecule has 0 amide bonds. The lowest BCUT2D eigenvalue weighted by Crippen LogP contribution is -2.36. The van der Waals surface area contributed by atoms with Crippen LogP contribution in [0.4, 0.5) is 4.39 Å². The highest BCUT2D eigenvalue weighted by Crippen LogP contribution is 2.36. The fourth-order valence-corrected chi connectivity index (χ4v) is 3.86. The minimum absolute atomic E-state index is 0.0630. The van der Waals surface area contributed by atoms with E-state index in [-0.39, 0.29) is 5.82 Å². The molecule has 0 radical (unpaired) electrons. The van der Waals surface area contributed by atoms with E-state index < -0.39 is 0 Å². The molecule has 0 aromatic heterocycles. The SMILES string of the molecule is CC1CCC(CNC(C)C)C(Cc2cc(Br)ccc2F)C1. The van der Waals surface area contributed by atoms with Gasteiger partial charge in [0.1, 0.15) is 5.82 Å². The summed E-state index contributed by atoms with van der Waals surface area (Å²) in [5.41, 5.74) is 0.859. The van der Waals surface area contributed by atoms with Gasteiger partial charge in [0, 0.05) is 10.5 Å². The van der Waals surface area contributed by atoms with Gasteiger partial charge in [-0.3, -0.25) is 0 Å². The predicted octanol–water partition coefficient (Wildman–Crippen LogP) is 5.18. The van der Waals surface area contributed by atoms with Crippen molar-refractivity contribution in [3.63, 3.8) is 0 Å². The lowest BCUT2D eigenvalue weighted by Gasteiger charge is -2.36. The average molecular weight is 356 g/mol. The molecule has 3 unspecified atom stereocenters. The third kappa shape index (κ3) is 5.07. The zero-order chi connectivity index (χ0) is 15.4. The molecule has 0 saturated heterocycles. The molecule has 1 aliphatic carbocycles. The maximum Gasteiger partial charge on any atom is 0.126 e. The van der Waals surface area contributed by atoms with E-state index >= 15 is 0 Å². The molecule has 0 aliphatic heterocycles. The molecule has 1 saturated carbocycles. The Labute approximate surface area is 136 Å². The minimum atomic E-state index is -0.0630. The molecule has 0 bridgehead atoms. The van der Waals surface area contributed by atoms with Crippen LogP contribution in [-0.2, 0) is 6.42 Å². The molecule has 0 heterocycles. The molecular weight excluding hydrogens is 329 g/mol. The van der Waals surface area contributed by atoms with Gasteiger partial charge in [0.15, 0.2) is 0 Å². The Morgan fingerprint density at radius 2 is 2.05 bits per heavy atom. The zero-order valence-corrected chi connectivity index (χ0v) is 14.9. The Hall–Kier alpha value is -0.410. The van der Waals surface area contributed by atoms with Crippen LogP contribution in [0.15, 0.2) is 22.7 Å². The Bertz CT molecular complexity index is 461. The van der Waals surface area contributed by atoms with Gasteiger partial charge in [0.05, 0.1) is 0 Å². The summed E-state index contributed by atoms with van der Waals surface area (Å²) in [5, 5.41) is 3.57. The summed E-state index contributed by atoms with van der Waals surface area (Å²) in [6.45, 7) is 7.77. The first-order chi connectivity index (χ1) is 9.95. The number of nitrogens with one attached hydrogen (secondary N) is 1. The molecule has 21 heavy (non-hydrogen) atoms. The molecule has 1 aliphatic rings. The molecule has 3 heteroatoms. The first kappa shape index (κ1) is 17.0. The molecule has 1 fully saturated rings. The van der Waals surface area contributed by atoms with Crippen LogP contribution in [0, 0.1) is 23.6 Å². The first-order valence-electron chi connectivity index (χ1n) is 8.13. The lowest BCUT2D eigenvalue weighted by atomic mass is 9.72. The normalized spacial score (nSPS) is 26.3. The quantitative estimate of drug-likeness (QED) is 0.766. The molecular formula is C18H27BrFN. The second-order valence-electron chi connectivity index (χ2n) is 6.94. The molecule has 1 aromatic carbocycles. The topological polar surface area (TPSA) is 12.0 Å². The maximum atomic E-state index is 14.0. The Morgan fingerprint density at radius 1 is 1.29 bits per heavy atom. The summed E-state index contributed by atoms with van der Waals surface area (Å²) in [5.74, 6) is 1.96. The van der Waals surface area contributed by atoms with Crippen molar-refractivity contribution in [3.05, 3.63) is 34.1 Å². The Kier molecular flexibility index (Phi) is 6.24. The van der Waals surface area contributed by atoms with E-state index in [1.54, 1.807) is 12.1 Å². The van der Waals surface area contributed by atoms with E-state index in [0.29, 0.717) is 17.9 Å². The number of halogens is 2. The molecule has 0 spiro atoms. The Morgan fingerprint density at radius 3 is 2.76 bits per heavy atom. The maximum absolute atomic E-state index is 14.0. The van der Waals surface area contributed by atoms with Crippen LogP contribution in [0.3, 0.4) is 0 Å². The summed E-state index contributed by atoms with van der Waals surface area (Å²) >= 11 is 3.46. The summed E-state index contributed by atoms with van der Waals surface area (Å²) in [6.07, 6.45) is 4.65. The standard InChI is InChI=1S/C18H27BrFN/c1-12(2)21-11-14-5-4-13(3)8-15(14)9-16-10-17(19)6-7-18(16)20/h6-7,10,12-15,21H,4-5,8-9,11H2,1-3H3. The zero-order valence-electron chi connectivity index (χ0n) is 13.3. The van der Waals surface area contributed by atoms with Crippen molar-refractivity contribution in [2.45, 2.75) is 52.5 Å². The van der Waals surface area contributed by atoms with Gasteiger partial charge < -0.3 is 5.32 Å². The van der Waals surface area contributed by atoms with Gasteiger partial charge in [0.25, 0.3) is 0 Å². The van der Waals surface area contributed by atoms with E-state index in [4.69, 9.17) is 0 Å². The van der Waals surface area contributed by atoms with Crippen LogP contribution in [-0.4, -0.2) is 12.6 Å². The van der Waals surface area contributed by atoms with E-state index in [0.717, 1.165) is 28.9 Å². The van der Waals surface area contributed by atoms with Crippen molar-refractivity contribution in [1.29, 1.82) is 0 Å². The van der Waals surface area contributed by atoms with Crippen LogP contribution < -0.4 is 5.32 Å². The van der Waals surface area contributed by atoms with Crippen LogP contribution >= 0.6 is 15.9 Å². The number of hydrogen-bond acceptors (Lipinski definition) is 1. The monoisotopic (exact) mass is 355 g/mol. The van der Waals surface area contributed by atoms with Crippen molar-refractivity contribution in [3.8, 4) is 0 Å². The summed E-state index contributed by atoms with van der Waals surface area (Å²) in [6, 6.07) is 5.82. The van der Waals surface area contributed by atoms with Crippen molar-refractivity contribution < 1.29 is 4.39 Å². The fourth-order valence-electron chi connectivity index (χ4n) is 3.45. The number of hydrogen-bond donors (Lipinski definition) is 1. The van der Waals surface area contributed by atoms with E-state index in [2.05, 4.69) is 42.0 Å². The van der Waals surface area contributed by atoms with Gasteiger partial charge in [-0.2, -0.15) is 0 Å². The van der Waals surface area contributed by atoms with Crippen LogP contribution in [0.25, 0.3) is 0 Å². The van der Waals surface area contributed by atoms with Crippen LogP contribution in [0.1, 0.15) is 45.6 Å². The number of rotatable bonds is 5. The van der Waals surface area contributed by atoms with Gasteiger partial charge in [0.2, 0.25) is 0 Å². The fraction of sp³-hybridized carbons (Fsp3) is 0.667. The van der Waals surface area contributed by atoms with Crippen molar-refractivity contribution in [2.24, 2.45) is 17.8 Å². The summed E-state index contributed by atoms with van der Waals surface area (Å²) in [7, 11) is 0. The third-order valence-corrected chi connectivity index (χ3v) is 5.17. The van der Waals surface area contributed by atoms with Crippen molar-refractivity contribution in [1.82, 2.24) is 5.32 Å². The summed E-state index contributed by atoms with van der Waals surface area (Å²) in [4.78, 5) is 0. The van der Waals surface area contributed by atoms with Crippen LogP contribution in [0.2, 0.25) is 0 Å². The van der Waals surface area contributed by atoms with E-state index in [1.165, 1.54) is 19.3 Å². The van der Waals surface area contributed by atoms with Gasteiger partial charge in [-0.15, -0.1) is 0 Å². The summed E-state index contributed by atoms with van der Waals surface area (Å²) < 4.78 is 15.0. The largest absolute Gasteiger partial charge is 0.314 e. The lowest BCUT2D eigenvalue weighted by molar-refractivity contribution is 0.180. The van der Waals surface area contributed by atoms with Crippen molar-refractivity contribution >= 4 is 15.9 Å². The highest BCUT2D eigenvalue weighted by Gasteiger charge is 2.29. The van der Waals surface area contributed by atoms with Gasteiger partial charge in [-0.05, 0) is 67.3 Å². The second-order valence-corrected chi connectivity index (χ2v) is 7.86. The van der Waals surface area contributed by atoms with Crippen LogP contribution in [0.5, 0.6) is 0 Å². The van der Waals surface area contributed by atoms with E-state index in [1.807, 2.05) is 6.07 Å². The molecule has 1 nitrogen and oxygen atoms in total.